The molecule has 1 fully saturated rings. The number of hydrogen-bond acceptors (Lipinski definition) is 3. The van der Waals surface area contributed by atoms with Crippen LogP contribution < -0.4 is 11.1 Å². The van der Waals surface area contributed by atoms with Gasteiger partial charge in [-0.3, -0.25) is 9.69 Å². The van der Waals surface area contributed by atoms with Gasteiger partial charge in [0.2, 0.25) is 5.91 Å². The minimum Gasteiger partial charge on any atom is -0.351 e. The SMILES string of the molecule is CC(C(=O)NCc1ccccc1)N1CCC(C)(CN)C1.Cl. The van der Waals surface area contributed by atoms with Crippen LogP contribution in [0, 0.1) is 5.41 Å². The van der Waals surface area contributed by atoms with Gasteiger partial charge in [0, 0.05) is 13.1 Å². The van der Waals surface area contributed by atoms with Gasteiger partial charge in [0.15, 0.2) is 0 Å². The van der Waals surface area contributed by atoms with Crippen molar-refractivity contribution >= 4 is 18.3 Å². The van der Waals surface area contributed by atoms with Crippen molar-refractivity contribution in [3.05, 3.63) is 35.9 Å². The van der Waals surface area contributed by atoms with Crippen LogP contribution in [0.3, 0.4) is 0 Å². The van der Waals surface area contributed by atoms with Crippen LogP contribution in [0.5, 0.6) is 0 Å². The minimum absolute atomic E-state index is 0. The summed E-state index contributed by atoms with van der Waals surface area (Å²) in [7, 11) is 0. The van der Waals surface area contributed by atoms with Crippen molar-refractivity contribution < 1.29 is 4.79 Å². The van der Waals surface area contributed by atoms with Gasteiger partial charge in [0.1, 0.15) is 0 Å². The van der Waals surface area contributed by atoms with Gasteiger partial charge in [-0.05, 0) is 37.4 Å². The van der Waals surface area contributed by atoms with Gasteiger partial charge in [-0.1, -0.05) is 37.3 Å². The molecular formula is C16H26ClN3O. The number of nitrogens with one attached hydrogen (secondary N) is 1. The molecule has 21 heavy (non-hydrogen) atoms. The van der Waals surface area contributed by atoms with Crippen molar-refractivity contribution in [2.24, 2.45) is 11.1 Å². The molecule has 0 spiro atoms. The van der Waals surface area contributed by atoms with E-state index in [1.165, 1.54) is 0 Å². The number of carbonyl (C=O) groups excluding carboxylic acids is 1. The van der Waals surface area contributed by atoms with E-state index >= 15 is 0 Å². The van der Waals surface area contributed by atoms with Crippen LogP contribution in [0.25, 0.3) is 0 Å². The van der Waals surface area contributed by atoms with Crippen LogP contribution >= 0.6 is 12.4 Å². The zero-order valence-electron chi connectivity index (χ0n) is 12.8. The molecule has 1 heterocycles. The Morgan fingerprint density at radius 2 is 2.10 bits per heavy atom. The highest BCUT2D eigenvalue weighted by atomic mass is 35.5. The van der Waals surface area contributed by atoms with Crippen LogP contribution in [0.2, 0.25) is 0 Å². The van der Waals surface area contributed by atoms with E-state index in [-0.39, 0.29) is 29.8 Å². The number of halogens is 1. The Morgan fingerprint density at radius 3 is 2.67 bits per heavy atom. The van der Waals surface area contributed by atoms with E-state index in [0.29, 0.717) is 13.1 Å². The fraction of sp³-hybridized carbons (Fsp3) is 0.562. The molecular weight excluding hydrogens is 286 g/mol. The normalized spacial score (nSPS) is 23.4. The molecule has 1 saturated heterocycles. The first-order valence-corrected chi connectivity index (χ1v) is 7.30. The average Bonchev–Trinajstić information content (AvgIpc) is 2.88. The Balaban J connectivity index is 0.00000220. The van der Waals surface area contributed by atoms with Gasteiger partial charge in [-0.25, -0.2) is 0 Å². The Labute approximate surface area is 133 Å². The lowest BCUT2D eigenvalue weighted by atomic mass is 9.90. The predicted molar refractivity (Wildman–Crippen MR) is 88.4 cm³/mol. The lowest BCUT2D eigenvalue weighted by Gasteiger charge is -2.26. The second kappa shape index (κ2) is 7.78. The van der Waals surface area contributed by atoms with Crippen LogP contribution in [-0.4, -0.2) is 36.5 Å². The number of nitrogens with zero attached hydrogens (tertiary/aromatic N) is 1. The van der Waals surface area contributed by atoms with Gasteiger partial charge in [-0.2, -0.15) is 0 Å². The molecule has 2 rings (SSSR count). The first kappa shape index (κ1) is 18.0. The standard InChI is InChI=1S/C16H25N3O.ClH/c1-13(19-9-8-16(2,11-17)12-19)15(20)18-10-14-6-4-3-5-7-14;/h3-7,13H,8-12,17H2,1-2H3,(H,18,20);1H. The number of nitrogens with two attached hydrogens (primary N) is 1. The van der Waals surface area contributed by atoms with Crippen molar-refractivity contribution in [2.45, 2.75) is 32.9 Å². The molecule has 4 nitrogen and oxygen atoms in total. The van der Waals surface area contributed by atoms with Crippen molar-refractivity contribution in [1.29, 1.82) is 0 Å². The summed E-state index contributed by atoms with van der Waals surface area (Å²) in [6.45, 7) is 7.30. The fourth-order valence-corrected chi connectivity index (χ4v) is 2.66. The Hall–Kier alpha value is -1.10. The molecule has 0 saturated carbocycles. The quantitative estimate of drug-likeness (QED) is 0.871. The monoisotopic (exact) mass is 311 g/mol. The zero-order valence-corrected chi connectivity index (χ0v) is 13.7. The lowest BCUT2D eigenvalue weighted by molar-refractivity contribution is -0.125. The zero-order chi connectivity index (χ0) is 14.6. The van der Waals surface area contributed by atoms with E-state index in [1.807, 2.05) is 37.3 Å². The maximum absolute atomic E-state index is 12.2. The summed E-state index contributed by atoms with van der Waals surface area (Å²) >= 11 is 0. The van der Waals surface area contributed by atoms with Crippen molar-refractivity contribution in [1.82, 2.24) is 10.2 Å². The molecule has 1 aliphatic heterocycles. The van der Waals surface area contributed by atoms with E-state index in [2.05, 4.69) is 17.1 Å². The number of benzene rings is 1. The third-order valence-corrected chi connectivity index (χ3v) is 4.32. The highest BCUT2D eigenvalue weighted by Crippen LogP contribution is 2.29. The Kier molecular flexibility index (Phi) is 6.65. The molecule has 1 aromatic carbocycles. The van der Waals surface area contributed by atoms with Crippen LogP contribution in [0.4, 0.5) is 0 Å². The molecule has 0 bridgehead atoms. The average molecular weight is 312 g/mol. The van der Waals surface area contributed by atoms with E-state index in [1.54, 1.807) is 0 Å². The van der Waals surface area contributed by atoms with Gasteiger partial charge in [-0.15, -0.1) is 12.4 Å². The lowest BCUT2D eigenvalue weighted by Crippen LogP contribution is -2.45. The molecule has 2 atom stereocenters. The Bertz CT molecular complexity index is 454. The minimum atomic E-state index is -0.0907. The highest BCUT2D eigenvalue weighted by molar-refractivity contribution is 5.85. The second-order valence-electron chi connectivity index (χ2n) is 6.11. The van der Waals surface area contributed by atoms with E-state index in [4.69, 9.17) is 5.73 Å². The number of amides is 1. The summed E-state index contributed by atoms with van der Waals surface area (Å²) in [6.07, 6.45) is 1.07. The van der Waals surface area contributed by atoms with E-state index in [9.17, 15) is 4.79 Å². The topological polar surface area (TPSA) is 58.4 Å². The summed E-state index contributed by atoms with van der Waals surface area (Å²) in [5.74, 6) is 0.0927. The summed E-state index contributed by atoms with van der Waals surface area (Å²) in [4.78, 5) is 14.4. The second-order valence-corrected chi connectivity index (χ2v) is 6.11. The summed E-state index contributed by atoms with van der Waals surface area (Å²) in [5.41, 5.74) is 7.10. The smallest absolute Gasteiger partial charge is 0.237 e. The van der Waals surface area contributed by atoms with Gasteiger partial charge < -0.3 is 11.1 Å². The Morgan fingerprint density at radius 1 is 1.43 bits per heavy atom. The number of carbonyl (C=O) groups is 1. The fourth-order valence-electron chi connectivity index (χ4n) is 2.66. The third-order valence-electron chi connectivity index (χ3n) is 4.32. The van der Waals surface area contributed by atoms with Crippen molar-refractivity contribution in [3.8, 4) is 0 Å². The van der Waals surface area contributed by atoms with Gasteiger partial charge in [0.25, 0.3) is 0 Å². The maximum atomic E-state index is 12.2. The van der Waals surface area contributed by atoms with E-state index in [0.717, 1.165) is 25.1 Å². The third kappa shape index (κ3) is 4.70. The molecule has 2 unspecified atom stereocenters. The molecule has 3 N–H and O–H groups in total. The summed E-state index contributed by atoms with van der Waals surface area (Å²) < 4.78 is 0. The van der Waals surface area contributed by atoms with E-state index < -0.39 is 0 Å². The predicted octanol–water partition coefficient (Wildman–Crippen LogP) is 1.78. The first-order valence-electron chi connectivity index (χ1n) is 7.30. The number of likely N-dealkylation sites (tertiary alicyclic amines) is 1. The number of hydrogen-bond donors (Lipinski definition) is 2. The van der Waals surface area contributed by atoms with Crippen molar-refractivity contribution in [3.63, 3.8) is 0 Å². The molecule has 0 aromatic heterocycles. The van der Waals surface area contributed by atoms with Gasteiger partial charge in [0.05, 0.1) is 6.04 Å². The molecule has 0 radical (unpaired) electrons. The molecule has 1 aromatic rings. The summed E-state index contributed by atoms with van der Waals surface area (Å²) in [5, 5.41) is 3.01. The molecule has 1 amide bonds. The maximum Gasteiger partial charge on any atom is 0.237 e. The van der Waals surface area contributed by atoms with Crippen LogP contribution in [-0.2, 0) is 11.3 Å². The number of rotatable bonds is 5. The molecule has 0 aliphatic carbocycles. The van der Waals surface area contributed by atoms with Crippen LogP contribution in [0.15, 0.2) is 30.3 Å². The van der Waals surface area contributed by atoms with Crippen LogP contribution in [0.1, 0.15) is 25.8 Å². The molecule has 5 heteroatoms. The highest BCUT2D eigenvalue weighted by Gasteiger charge is 2.36. The molecule has 1 aliphatic rings. The molecule has 118 valence electrons. The first-order chi connectivity index (χ1) is 9.54. The van der Waals surface area contributed by atoms with Crippen molar-refractivity contribution in [2.75, 3.05) is 19.6 Å². The summed E-state index contributed by atoms with van der Waals surface area (Å²) in [6, 6.07) is 9.90. The van der Waals surface area contributed by atoms with Gasteiger partial charge >= 0.3 is 0 Å². The largest absolute Gasteiger partial charge is 0.351 e.